The molecule has 1 aromatic rings. The van der Waals surface area contributed by atoms with Crippen molar-refractivity contribution in [2.45, 2.75) is 339 Å². The van der Waals surface area contributed by atoms with Gasteiger partial charge in [0.05, 0.1) is 18.1 Å². The molecule has 0 aromatic heterocycles. The summed E-state index contributed by atoms with van der Waals surface area (Å²) in [6, 6.07) is -4.77. The minimum Gasteiger partial charge on any atom is -0.363 e. The summed E-state index contributed by atoms with van der Waals surface area (Å²) in [5, 5.41) is 28.3. The van der Waals surface area contributed by atoms with Crippen molar-refractivity contribution < 1.29 is 86.3 Å². The standard InChI is InChI=1S/C36H52N6O6.2C32H52N6O6/c1-18(2)26(31(45)38-22-15-20-10-8-9-11-21(20)16-22)40-34(48)41-29(35(3,4)5)33(47)42-17-23-25(36(23,6)7)27(42)32(46)39-24(14-19-12-13-19)28(43)30(37)44;1-16(2)22(28(42)37(8)18-12-13-18)35-30(44)36-25(31(3,4)5)29(43)38-15-19-21(32(19,6)7)23(38)27(41)34-20(24(39)26(33)40)14-17-10-9-11-17;1-17(2)22(28(42)37-13-9-8-10-14-37)35-30(44)36-25(31(3,4)5)29(43)38-16-19-21(32(19,6)7)23(38)27(41)34-20(15-18-11-12-18)24(39)26(33)40/h8-11,18-19,22-27,29H,12-17H2,1-7H3,(H2,37,44)(H,38,45)(H,39,46)(H2,40,41,48);16-23,25H,9-15H2,1-8H3,(H2,33,40)(H,34,41)(H2,35,36,44);17-23,25H,8-16H2,1-7H3,(H2,33,40)(H,34,41)(H2,35,36,44)/t23-,24?,25-,26-,27-,29+;2*19-,20-,21-,22-,23-,25+/m000/s1. The summed E-state index contributed by atoms with van der Waals surface area (Å²) in [4.78, 5) is 246. The fourth-order valence-corrected chi connectivity index (χ4v) is 21.9. The number of nitrogens with two attached hydrogens (primary N) is 3. The molecule has 8 aliphatic carbocycles. The lowest BCUT2D eigenvalue weighted by atomic mass is 9.80. The predicted octanol–water partition coefficient (Wildman–Crippen LogP) is 4.95. The van der Waals surface area contributed by atoms with Crippen LogP contribution >= 0.6 is 0 Å². The largest absolute Gasteiger partial charge is 0.363 e. The van der Waals surface area contributed by atoms with Crippen molar-refractivity contribution in [1.29, 1.82) is 0 Å². The Balaban J connectivity index is 0.000000196. The molecule has 4 aliphatic heterocycles. The molecule has 4 saturated heterocycles. The molecule has 18 atom stereocenters. The van der Waals surface area contributed by atoms with Gasteiger partial charge in [-0.25, -0.2) is 14.4 Å². The van der Waals surface area contributed by atoms with Crippen LogP contribution in [0.3, 0.4) is 0 Å². The van der Waals surface area contributed by atoms with E-state index in [2.05, 4.69) is 107 Å². The number of rotatable bonds is 35. The highest BCUT2D eigenvalue weighted by Crippen LogP contribution is 2.67. The van der Waals surface area contributed by atoms with Gasteiger partial charge in [0.15, 0.2) is 0 Å². The summed E-state index contributed by atoms with van der Waals surface area (Å²) in [7, 11) is 1.75. The number of benzene rings is 1. The summed E-state index contributed by atoms with van der Waals surface area (Å²) in [6.07, 6.45) is 13.9. The number of Topliss-reactive ketones (excluding diaryl/α,β-unsaturated/α-hetero) is 3. The molecule has 11 fully saturated rings. The van der Waals surface area contributed by atoms with Crippen molar-refractivity contribution in [2.24, 2.45) is 121 Å². The molecule has 12 aliphatic rings. The minimum atomic E-state index is -1.10. The molecule has 18 amide bonds. The number of hydrogen-bond donors (Lipinski definition) is 13. The number of carbonyl (C=O) groups excluding carboxylic acids is 18. The molecular weight excluding hydrogens is 1740 g/mol. The molecule has 1 unspecified atom stereocenters. The van der Waals surface area contributed by atoms with Crippen molar-refractivity contribution in [1.82, 2.24) is 77.7 Å². The van der Waals surface area contributed by atoms with Gasteiger partial charge >= 0.3 is 18.1 Å². The van der Waals surface area contributed by atoms with Crippen LogP contribution in [0.5, 0.6) is 0 Å². The molecule has 7 saturated carbocycles. The lowest BCUT2D eigenvalue weighted by molar-refractivity contribution is -0.145. The number of carbonyl (C=O) groups is 18. The van der Waals surface area contributed by atoms with Gasteiger partial charge < -0.3 is 94.9 Å². The molecule has 36 heteroatoms. The number of fused-ring (bicyclic) bond motifs is 4. The highest BCUT2D eigenvalue weighted by Gasteiger charge is 2.73. The van der Waals surface area contributed by atoms with Crippen LogP contribution in [0.4, 0.5) is 14.4 Å². The van der Waals surface area contributed by atoms with Crippen molar-refractivity contribution >= 4 is 106 Å². The molecule has 16 N–H and O–H groups in total. The zero-order chi connectivity index (χ0) is 101. The van der Waals surface area contributed by atoms with Crippen molar-refractivity contribution in [2.75, 3.05) is 39.8 Å². The van der Waals surface area contributed by atoms with E-state index in [0.717, 1.165) is 89.9 Å². The third kappa shape index (κ3) is 24.5. The number of likely N-dealkylation sites (N-methyl/N-ethyl adjacent to an activating group) is 1. The van der Waals surface area contributed by atoms with E-state index < -0.39 is 177 Å². The van der Waals surface area contributed by atoms with E-state index in [-0.39, 0.29) is 117 Å². The summed E-state index contributed by atoms with van der Waals surface area (Å²) in [5.74, 6) is -9.10. The van der Waals surface area contributed by atoms with E-state index in [9.17, 15) is 86.3 Å². The fraction of sp³-hybridized carbons (Fsp3) is 0.760. The maximum absolute atomic E-state index is 14.3. The monoisotopic (exact) mass is 1900 g/mol. The molecule has 1 aromatic carbocycles. The van der Waals surface area contributed by atoms with Gasteiger partial charge in [0.2, 0.25) is 70.5 Å². The van der Waals surface area contributed by atoms with E-state index in [1.807, 2.05) is 116 Å². The van der Waals surface area contributed by atoms with Gasteiger partial charge in [0.25, 0.3) is 17.7 Å². The first-order valence-corrected chi connectivity index (χ1v) is 49.7. The van der Waals surface area contributed by atoms with Gasteiger partial charge in [0, 0.05) is 51.9 Å². The number of nitrogens with one attached hydrogen (secondary N) is 10. The minimum absolute atomic E-state index is 0.0658. The highest BCUT2D eigenvalue weighted by atomic mass is 16.2. The van der Waals surface area contributed by atoms with E-state index >= 15 is 0 Å². The first-order chi connectivity index (χ1) is 63.2. The van der Waals surface area contributed by atoms with Crippen LogP contribution in [-0.4, -0.2) is 255 Å². The number of amides is 18. The van der Waals surface area contributed by atoms with Crippen molar-refractivity contribution in [3.8, 4) is 0 Å². The Labute approximate surface area is 801 Å². The maximum Gasteiger partial charge on any atom is 0.316 e. The number of urea groups is 3. The number of nitrogens with zero attached hydrogens (tertiary/aromatic N) is 5. The Kier molecular flexibility index (Phi) is 32.3. The first kappa shape index (κ1) is 106. The smallest absolute Gasteiger partial charge is 0.316 e. The number of piperidine rings is 4. The number of primary amides is 3. The lowest BCUT2D eigenvalue weighted by Gasteiger charge is -2.38. The Morgan fingerprint density at radius 3 is 0.985 bits per heavy atom. The Bertz CT molecular complexity index is 4730. The highest BCUT2D eigenvalue weighted by molar-refractivity contribution is 6.39. The Morgan fingerprint density at radius 2 is 0.706 bits per heavy atom. The van der Waals surface area contributed by atoms with E-state index in [1.54, 1.807) is 16.8 Å². The zero-order valence-corrected chi connectivity index (χ0v) is 84.2. The Morgan fingerprint density at radius 1 is 0.397 bits per heavy atom. The van der Waals surface area contributed by atoms with E-state index in [4.69, 9.17) is 17.2 Å². The second kappa shape index (κ2) is 41.4. The average molecular weight is 1900 g/mol. The molecule has 754 valence electrons. The topological polar surface area (TPSA) is 522 Å². The summed E-state index contributed by atoms with van der Waals surface area (Å²) in [6.45, 7) is 42.3. The van der Waals surface area contributed by atoms with Gasteiger partial charge in [-0.15, -0.1) is 0 Å². The predicted molar refractivity (Wildman–Crippen MR) is 506 cm³/mol. The molecule has 36 nitrogen and oxygen atoms in total. The molecular formula is C100H156N18O18. The number of hydrogen-bond acceptors (Lipinski definition) is 18. The zero-order valence-electron chi connectivity index (χ0n) is 84.2. The van der Waals surface area contributed by atoms with Crippen molar-refractivity contribution in [3.63, 3.8) is 0 Å². The van der Waals surface area contributed by atoms with Crippen molar-refractivity contribution in [3.05, 3.63) is 35.4 Å². The summed E-state index contributed by atoms with van der Waals surface area (Å²) >= 11 is 0. The fourth-order valence-electron chi connectivity index (χ4n) is 21.9. The molecule has 0 radical (unpaired) electrons. The van der Waals surface area contributed by atoms with Gasteiger partial charge in [-0.2, -0.15) is 0 Å². The van der Waals surface area contributed by atoms with Crippen LogP contribution in [0.1, 0.15) is 253 Å². The first-order valence-electron chi connectivity index (χ1n) is 49.7. The Hall–Kier alpha value is -10.3. The number of likely N-dealkylation sites (tertiary alicyclic amines) is 4. The van der Waals surface area contributed by atoms with Crippen LogP contribution in [0.15, 0.2) is 24.3 Å². The van der Waals surface area contributed by atoms with E-state index in [1.165, 1.54) is 25.8 Å². The number of ketones is 3. The van der Waals surface area contributed by atoms with Crippen LogP contribution in [-0.2, 0) is 84.8 Å². The van der Waals surface area contributed by atoms with E-state index in [0.29, 0.717) is 52.0 Å². The summed E-state index contributed by atoms with van der Waals surface area (Å²) < 4.78 is 0. The van der Waals surface area contributed by atoms with Gasteiger partial charge in [-0.05, 0) is 179 Å². The van der Waals surface area contributed by atoms with Gasteiger partial charge in [0.1, 0.15) is 54.4 Å². The third-order valence-electron chi connectivity index (χ3n) is 31.6. The molecule has 0 bridgehead atoms. The summed E-state index contributed by atoms with van der Waals surface area (Å²) in [5.41, 5.74) is 15.6. The average Bonchev–Trinajstić information content (AvgIpc) is 1.53. The SMILES string of the molecule is CC(C)[C@H](NC(=O)N[C@H](C(=O)N1C[C@H]2[C@@H]([C@H]1C(=O)NC(CC1CC1)C(=O)C(N)=O)C2(C)C)C(C)(C)C)C(=O)NC1Cc2ccccc2C1.CC(C)[C@H](NC(=O)N[C@H](C(=O)N1C[C@H]2[C@@H]([C@H]1C(=O)N[C@@H](CC1CC1)C(=O)C(N)=O)C2(C)C)C(C)(C)C)C(=O)N1CCCCC1.CC(C)[C@H](NC(=O)N[C@H](C(=O)N1C[C@H]2[C@@H]([C@H]1C(=O)N[C@@H](CC1CCC1)C(=O)C(N)=O)C2(C)C)C(C)(C)C)C(=O)N(C)C1CC1. The van der Waals surface area contributed by atoms with Crippen LogP contribution in [0, 0.1) is 104 Å². The molecule has 13 rings (SSSR count). The van der Waals surface area contributed by atoms with Crippen LogP contribution in [0.25, 0.3) is 0 Å². The van der Waals surface area contributed by atoms with Gasteiger partial charge in [-0.1, -0.05) is 215 Å². The van der Waals surface area contributed by atoms with Crippen LogP contribution < -0.4 is 70.4 Å². The second-order valence-corrected chi connectivity index (χ2v) is 47.3. The maximum atomic E-state index is 14.3. The quantitative estimate of drug-likeness (QED) is 0.0400. The second-order valence-electron chi connectivity index (χ2n) is 47.3. The molecule has 4 heterocycles. The normalized spacial score (nSPS) is 25.6. The van der Waals surface area contributed by atoms with Gasteiger partial charge in [-0.3, -0.25) is 71.9 Å². The lowest BCUT2D eigenvalue weighted by Crippen LogP contribution is -2.62. The third-order valence-corrected chi connectivity index (χ3v) is 31.6. The molecule has 0 spiro atoms. The van der Waals surface area contributed by atoms with Crippen LogP contribution in [0.2, 0.25) is 0 Å². The molecule has 136 heavy (non-hydrogen) atoms.